The fourth-order valence-electron chi connectivity index (χ4n) is 3.49. The van der Waals surface area contributed by atoms with E-state index >= 15 is 0 Å². The van der Waals surface area contributed by atoms with Gasteiger partial charge in [0.15, 0.2) is 5.85 Å². The minimum atomic E-state index is -0.475. The molecule has 0 saturated carbocycles. The standard InChI is InChI=1S/C13H30N4O/c1-8-12(9-2)13(15-4,16(5)6)18-11(14-3)10-17(12)7/h11,14-15H,8-10H2,1-7H3. The molecule has 1 aliphatic rings. The average Bonchev–Trinajstić information content (AvgIpc) is 2.37. The maximum Gasteiger partial charge on any atom is 0.197 e. The summed E-state index contributed by atoms with van der Waals surface area (Å²) in [5, 5.41) is 6.66. The van der Waals surface area contributed by atoms with Gasteiger partial charge in [-0.25, -0.2) is 0 Å². The summed E-state index contributed by atoms with van der Waals surface area (Å²) < 4.78 is 6.36. The van der Waals surface area contributed by atoms with Crippen LogP contribution in [0.15, 0.2) is 0 Å². The molecule has 0 aromatic rings. The molecule has 0 bridgehead atoms. The Hall–Kier alpha value is -0.200. The number of hydrogen-bond donors (Lipinski definition) is 2. The van der Waals surface area contributed by atoms with E-state index in [1.165, 1.54) is 0 Å². The highest BCUT2D eigenvalue weighted by atomic mass is 16.6. The van der Waals surface area contributed by atoms with Gasteiger partial charge in [-0.1, -0.05) is 13.8 Å². The molecule has 5 nitrogen and oxygen atoms in total. The van der Waals surface area contributed by atoms with Crippen LogP contribution in [0, 0.1) is 0 Å². The topological polar surface area (TPSA) is 39.8 Å². The van der Waals surface area contributed by atoms with Gasteiger partial charge in [-0.15, -0.1) is 0 Å². The van der Waals surface area contributed by atoms with Gasteiger partial charge in [-0.05, 0) is 48.1 Å². The number of nitrogens with one attached hydrogen (secondary N) is 2. The summed E-state index contributed by atoms with van der Waals surface area (Å²) in [6.45, 7) is 5.37. The lowest BCUT2D eigenvalue weighted by Crippen LogP contribution is -2.80. The zero-order chi connectivity index (χ0) is 14.0. The third kappa shape index (κ3) is 2.08. The Labute approximate surface area is 112 Å². The molecule has 0 amide bonds. The Balaban J connectivity index is 3.25. The monoisotopic (exact) mass is 258 g/mol. The van der Waals surface area contributed by atoms with E-state index in [2.05, 4.69) is 55.4 Å². The minimum absolute atomic E-state index is 0.0292. The number of morpholine rings is 1. The summed E-state index contributed by atoms with van der Waals surface area (Å²) in [5.41, 5.74) is -0.0292. The van der Waals surface area contributed by atoms with Gasteiger partial charge in [-0.3, -0.25) is 20.4 Å². The molecule has 0 spiro atoms. The van der Waals surface area contributed by atoms with Gasteiger partial charge in [-0.2, -0.15) is 0 Å². The van der Waals surface area contributed by atoms with Gasteiger partial charge in [0.1, 0.15) is 6.23 Å². The van der Waals surface area contributed by atoms with E-state index in [9.17, 15) is 0 Å². The zero-order valence-electron chi connectivity index (χ0n) is 13.0. The molecule has 2 atom stereocenters. The maximum atomic E-state index is 6.36. The number of ether oxygens (including phenoxy) is 1. The number of likely N-dealkylation sites (N-methyl/N-ethyl adjacent to an activating group) is 4. The largest absolute Gasteiger partial charge is 0.326 e. The summed E-state index contributed by atoms with van der Waals surface area (Å²) >= 11 is 0. The molecule has 5 heteroatoms. The van der Waals surface area contributed by atoms with Crippen LogP contribution in [-0.2, 0) is 4.74 Å². The predicted octanol–water partition coefficient (Wildman–Crippen LogP) is 0.488. The van der Waals surface area contributed by atoms with Crippen LogP contribution >= 0.6 is 0 Å². The van der Waals surface area contributed by atoms with Crippen LogP contribution in [0.25, 0.3) is 0 Å². The molecule has 1 rings (SSSR count). The number of hydrogen-bond acceptors (Lipinski definition) is 5. The van der Waals surface area contributed by atoms with Crippen LogP contribution in [0.2, 0.25) is 0 Å². The maximum absolute atomic E-state index is 6.36. The van der Waals surface area contributed by atoms with E-state index in [-0.39, 0.29) is 11.8 Å². The van der Waals surface area contributed by atoms with E-state index in [1.54, 1.807) is 0 Å². The van der Waals surface area contributed by atoms with Crippen molar-refractivity contribution in [1.82, 2.24) is 20.4 Å². The summed E-state index contributed by atoms with van der Waals surface area (Å²) in [6, 6.07) is 0. The van der Waals surface area contributed by atoms with Crippen LogP contribution in [0.4, 0.5) is 0 Å². The van der Waals surface area contributed by atoms with Gasteiger partial charge < -0.3 is 4.74 Å². The van der Waals surface area contributed by atoms with Crippen molar-refractivity contribution in [2.45, 2.75) is 44.3 Å². The van der Waals surface area contributed by atoms with E-state index in [4.69, 9.17) is 4.74 Å². The molecular formula is C13H30N4O. The Morgan fingerprint density at radius 1 is 1.28 bits per heavy atom. The molecule has 1 saturated heterocycles. The van der Waals surface area contributed by atoms with Crippen molar-refractivity contribution in [1.29, 1.82) is 0 Å². The molecule has 18 heavy (non-hydrogen) atoms. The first-order chi connectivity index (χ1) is 8.44. The molecule has 1 heterocycles. The minimum Gasteiger partial charge on any atom is -0.326 e. The van der Waals surface area contributed by atoms with Crippen LogP contribution in [0.1, 0.15) is 26.7 Å². The lowest BCUT2D eigenvalue weighted by Gasteiger charge is -2.61. The highest BCUT2D eigenvalue weighted by molar-refractivity contribution is 5.06. The van der Waals surface area contributed by atoms with Crippen molar-refractivity contribution in [3.63, 3.8) is 0 Å². The van der Waals surface area contributed by atoms with E-state index < -0.39 is 5.85 Å². The first-order valence-electron chi connectivity index (χ1n) is 6.86. The second-order valence-electron chi connectivity index (χ2n) is 5.30. The predicted molar refractivity (Wildman–Crippen MR) is 75.4 cm³/mol. The number of rotatable bonds is 5. The molecule has 0 aliphatic carbocycles. The molecule has 0 radical (unpaired) electrons. The van der Waals surface area contributed by atoms with Gasteiger partial charge in [0.2, 0.25) is 0 Å². The average molecular weight is 258 g/mol. The molecule has 1 fully saturated rings. The first-order valence-corrected chi connectivity index (χ1v) is 6.86. The molecule has 2 unspecified atom stereocenters. The van der Waals surface area contributed by atoms with E-state index in [0.29, 0.717) is 0 Å². The lowest BCUT2D eigenvalue weighted by molar-refractivity contribution is -0.301. The third-order valence-electron chi connectivity index (χ3n) is 4.57. The lowest BCUT2D eigenvalue weighted by atomic mass is 9.82. The normalized spacial score (nSPS) is 33.0. The second kappa shape index (κ2) is 5.84. The molecular weight excluding hydrogens is 228 g/mol. The molecule has 1 aliphatic heterocycles. The second-order valence-corrected chi connectivity index (χ2v) is 5.30. The van der Waals surface area contributed by atoms with Gasteiger partial charge in [0.25, 0.3) is 0 Å². The molecule has 2 N–H and O–H groups in total. The van der Waals surface area contributed by atoms with Gasteiger partial charge in [0.05, 0.1) is 5.54 Å². The highest BCUT2D eigenvalue weighted by Crippen LogP contribution is 2.40. The molecule has 0 aromatic carbocycles. The van der Waals surface area contributed by atoms with Crippen molar-refractivity contribution in [2.24, 2.45) is 0 Å². The Kier molecular flexibility index (Phi) is 5.14. The Bertz CT molecular complexity index is 268. The van der Waals surface area contributed by atoms with Crippen LogP contribution in [-0.4, -0.2) is 69.2 Å². The summed E-state index contributed by atoms with van der Waals surface area (Å²) in [7, 11) is 10.3. The van der Waals surface area contributed by atoms with E-state index in [1.807, 2.05) is 14.1 Å². The highest BCUT2D eigenvalue weighted by Gasteiger charge is 2.58. The summed E-state index contributed by atoms with van der Waals surface area (Å²) in [4.78, 5) is 4.58. The zero-order valence-corrected chi connectivity index (χ0v) is 13.0. The van der Waals surface area contributed by atoms with Crippen LogP contribution in [0.5, 0.6) is 0 Å². The third-order valence-corrected chi connectivity index (χ3v) is 4.57. The van der Waals surface area contributed by atoms with Crippen LogP contribution < -0.4 is 10.6 Å². The van der Waals surface area contributed by atoms with Crippen molar-refractivity contribution in [3.05, 3.63) is 0 Å². The SMILES string of the molecule is CCC1(CC)N(C)CC(NC)OC1(NC)N(C)C. The Morgan fingerprint density at radius 2 is 1.83 bits per heavy atom. The van der Waals surface area contributed by atoms with Crippen molar-refractivity contribution in [2.75, 3.05) is 41.8 Å². The van der Waals surface area contributed by atoms with Gasteiger partial charge in [0, 0.05) is 6.54 Å². The van der Waals surface area contributed by atoms with Crippen molar-refractivity contribution in [3.8, 4) is 0 Å². The van der Waals surface area contributed by atoms with Gasteiger partial charge >= 0.3 is 0 Å². The first kappa shape index (κ1) is 15.9. The smallest absolute Gasteiger partial charge is 0.197 e. The fourth-order valence-corrected chi connectivity index (χ4v) is 3.49. The fraction of sp³-hybridized carbons (Fsp3) is 1.00. The quantitative estimate of drug-likeness (QED) is 0.702. The molecule has 108 valence electrons. The molecule has 0 aromatic heterocycles. The van der Waals surface area contributed by atoms with Crippen molar-refractivity contribution < 1.29 is 4.74 Å². The van der Waals surface area contributed by atoms with Crippen molar-refractivity contribution >= 4 is 0 Å². The summed E-state index contributed by atoms with van der Waals surface area (Å²) in [6.07, 6.45) is 2.11. The van der Waals surface area contributed by atoms with E-state index in [0.717, 1.165) is 19.4 Å². The van der Waals surface area contributed by atoms with Crippen LogP contribution in [0.3, 0.4) is 0 Å². The Morgan fingerprint density at radius 3 is 2.17 bits per heavy atom. The summed E-state index contributed by atoms with van der Waals surface area (Å²) in [5.74, 6) is -0.475. The number of nitrogens with zero attached hydrogens (tertiary/aromatic N) is 2.